The summed E-state index contributed by atoms with van der Waals surface area (Å²) in [6, 6.07) is 10.4. The highest BCUT2D eigenvalue weighted by atomic mass is 19.1. The summed E-state index contributed by atoms with van der Waals surface area (Å²) in [5.41, 5.74) is 0.266. The Balaban J connectivity index is 1.57. The third-order valence-corrected chi connectivity index (χ3v) is 3.46. The minimum atomic E-state index is -0.896. The summed E-state index contributed by atoms with van der Waals surface area (Å²) in [4.78, 5) is 23.7. The third-order valence-electron chi connectivity index (χ3n) is 3.46. The Labute approximate surface area is 143 Å². The van der Waals surface area contributed by atoms with Gasteiger partial charge in [0.15, 0.2) is 18.1 Å². The molecule has 0 bridgehead atoms. The van der Waals surface area contributed by atoms with Crippen molar-refractivity contribution in [3.63, 3.8) is 0 Å². The quantitative estimate of drug-likeness (QED) is 0.863. The largest absolute Gasteiger partial charge is 0.490 e. The zero-order chi connectivity index (χ0) is 17.6. The number of esters is 1. The molecular weight excluding hydrogens is 329 g/mol. The van der Waals surface area contributed by atoms with Crippen LogP contribution in [0.5, 0.6) is 11.5 Å². The second-order valence-corrected chi connectivity index (χ2v) is 5.32. The van der Waals surface area contributed by atoms with Gasteiger partial charge in [-0.25, -0.2) is 9.18 Å². The Hall–Kier alpha value is -3.09. The molecule has 2 aromatic rings. The zero-order valence-corrected chi connectivity index (χ0v) is 13.3. The van der Waals surface area contributed by atoms with Gasteiger partial charge in [-0.15, -0.1) is 0 Å². The summed E-state index contributed by atoms with van der Waals surface area (Å²) in [5, 5.41) is 2.59. The SMILES string of the molecule is O=C(COC(=O)c1ccccc1F)Nc1ccc2c(c1)OCCCO2. The maximum Gasteiger partial charge on any atom is 0.341 e. The van der Waals surface area contributed by atoms with E-state index in [0.717, 1.165) is 12.5 Å². The fourth-order valence-corrected chi connectivity index (χ4v) is 2.27. The number of halogens is 1. The molecule has 0 aromatic heterocycles. The molecule has 3 rings (SSSR count). The van der Waals surface area contributed by atoms with Gasteiger partial charge in [0, 0.05) is 18.2 Å². The number of fused-ring (bicyclic) bond motifs is 1. The molecule has 0 saturated heterocycles. The standard InChI is InChI=1S/C18H16FNO5/c19-14-5-2-1-4-13(14)18(22)25-11-17(21)20-12-6-7-15-16(10-12)24-9-3-8-23-15/h1-2,4-7,10H,3,8-9,11H2,(H,20,21). The number of nitrogens with one attached hydrogen (secondary N) is 1. The first kappa shape index (κ1) is 16.8. The second-order valence-electron chi connectivity index (χ2n) is 5.32. The normalized spacial score (nSPS) is 12.8. The van der Waals surface area contributed by atoms with Crippen molar-refractivity contribution in [3.05, 3.63) is 53.8 Å². The van der Waals surface area contributed by atoms with E-state index in [-0.39, 0.29) is 5.56 Å². The molecule has 7 heteroatoms. The van der Waals surface area contributed by atoms with Gasteiger partial charge in [0.1, 0.15) is 5.82 Å². The summed E-state index contributed by atoms with van der Waals surface area (Å²) >= 11 is 0. The topological polar surface area (TPSA) is 73.9 Å². The first-order valence-electron chi connectivity index (χ1n) is 7.74. The number of hydrogen-bond donors (Lipinski definition) is 1. The van der Waals surface area contributed by atoms with E-state index in [1.807, 2.05) is 0 Å². The second kappa shape index (κ2) is 7.65. The molecule has 0 aliphatic carbocycles. The number of carbonyl (C=O) groups excluding carboxylic acids is 2. The lowest BCUT2D eigenvalue weighted by molar-refractivity contribution is -0.119. The third kappa shape index (κ3) is 4.26. The van der Waals surface area contributed by atoms with Crippen molar-refractivity contribution in [1.29, 1.82) is 0 Å². The molecule has 0 saturated carbocycles. The average molecular weight is 345 g/mol. The molecule has 25 heavy (non-hydrogen) atoms. The van der Waals surface area contributed by atoms with Crippen LogP contribution in [0.4, 0.5) is 10.1 Å². The average Bonchev–Trinajstić information content (AvgIpc) is 2.85. The van der Waals surface area contributed by atoms with Crippen LogP contribution in [-0.2, 0) is 9.53 Å². The Bertz CT molecular complexity index is 793. The van der Waals surface area contributed by atoms with Crippen LogP contribution in [0.3, 0.4) is 0 Å². The molecular formula is C18H16FNO5. The summed E-state index contributed by atoms with van der Waals surface area (Å²) < 4.78 is 29.3. The molecule has 0 radical (unpaired) electrons. The Morgan fingerprint density at radius 1 is 1.08 bits per heavy atom. The number of ether oxygens (including phenoxy) is 3. The minimum absolute atomic E-state index is 0.217. The van der Waals surface area contributed by atoms with Gasteiger partial charge in [-0.05, 0) is 24.3 Å². The van der Waals surface area contributed by atoms with Gasteiger partial charge >= 0.3 is 5.97 Å². The number of anilines is 1. The maximum atomic E-state index is 13.5. The molecule has 0 unspecified atom stereocenters. The van der Waals surface area contributed by atoms with Crippen LogP contribution in [-0.4, -0.2) is 31.7 Å². The van der Waals surface area contributed by atoms with Gasteiger partial charge in [0.05, 0.1) is 18.8 Å². The van der Waals surface area contributed by atoms with Crippen LogP contribution in [0.15, 0.2) is 42.5 Å². The molecule has 6 nitrogen and oxygen atoms in total. The summed E-state index contributed by atoms with van der Waals surface area (Å²) in [6.07, 6.45) is 0.780. The monoisotopic (exact) mass is 345 g/mol. The fourth-order valence-electron chi connectivity index (χ4n) is 2.27. The van der Waals surface area contributed by atoms with Crippen LogP contribution in [0.2, 0.25) is 0 Å². The van der Waals surface area contributed by atoms with Gasteiger partial charge in [-0.2, -0.15) is 0 Å². The van der Waals surface area contributed by atoms with Crippen LogP contribution in [0.25, 0.3) is 0 Å². The Kier molecular flexibility index (Phi) is 5.13. The van der Waals surface area contributed by atoms with Crippen molar-refractivity contribution in [2.24, 2.45) is 0 Å². The molecule has 1 amide bonds. The number of carbonyl (C=O) groups is 2. The first-order valence-corrected chi connectivity index (χ1v) is 7.74. The predicted molar refractivity (Wildman–Crippen MR) is 87.4 cm³/mol. The maximum absolute atomic E-state index is 13.5. The lowest BCUT2D eigenvalue weighted by Crippen LogP contribution is -2.21. The van der Waals surface area contributed by atoms with Gasteiger partial charge < -0.3 is 19.5 Å². The highest BCUT2D eigenvalue weighted by Gasteiger charge is 2.15. The molecule has 1 heterocycles. The number of hydrogen-bond acceptors (Lipinski definition) is 5. The van der Waals surface area contributed by atoms with Crippen LogP contribution >= 0.6 is 0 Å². The van der Waals surface area contributed by atoms with E-state index in [9.17, 15) is 14.0 Å². The van der Waals surface area contributed by atoms with Crippen molar-refractivity contribution >= 4 is 17.6 Å². The van der Waals surface area contributed by atoms with Crippen molar-refractivity contribution in [2.75, 3.05) is 25.1 Å². The zero-order valence-electron chi connectivity index (χ0n) is 13.3. The van der Waals surface area contributed by atoms with Gasteiger partial charge in [0.25, 0.3) is 5.91 Å². The first-order chi connectivity index (χ1) is 12.1. The van der Waals surface area contributed by atoms with Crippen LogP contribution in [0.1, 0.15) is 16.8 Å². The minimum Gasteiger partial charge on any atom is -0.490 e. The predicted octanol–water partition coefficient (Wildman–Crippen LogP) is 2.78. The van der Waals surface area contributed by atoms with Crippen molar-refractivity contribution in [1.82, 2.24) is 0 Å². The van der Waals surface area contributed by atoms with Gasteiger partial charge in [-0.3, -0.25) is 4.79 Å². The smallest absolute Gasteiger partial charge is 0.341 e. The molecule has 0 atom stereocenters. The van der Waals surface area contributed by atoms with E-state index >= 15 is 0 Å². The molecule has 130 valence electrons. The van der Waals surface area contributed by atoms with Crippen molar-refractivity contribution < 1.29 is 28.2 Å². The van der Waals surface area contributed by atoms with Crippen molar-refractivity contribution in [2.45, 2.75) is 6.42 Å². The fraction of sp³-hybridized carbons (Fsp3) is 0.222. The lowest BCUT2D eigenvalue weighted by atomic mass is 10.2. The summed E-state index contributed by atoms with van der Waals surface area (Å²) in [5.74, 6) is -0.984. The summed E-state index contributed by atoms with van der Waals surface area (Å²) in [6.45, 7) is 0.580. The molecule has 1 N–H and O–H groups in total. The van der Waals surface area contributed by atoms with Gasteiger partial charge in [0.2, 0.25) is 0 Å². The molecule has 0 spiro atoms. The molecule has 2 aromatic carbocycles. The Morgan fingerprint density at radius 2 is 1.84 bits per heavy atom. The lowest BCUT2D eigenvalue weighted by Gasteiger charge is -2.10. The number of rotatable bonds is 4. The summed E-state index contributed by atoms with van der Waals surface area (Å²) in [7, 11) is 0. The highest BCUT2D eigenvalue weighted by Crippen LogP contribution is 2.32. The van der Waals surface area contributed by atoms with E-state index in [2.05, 4.69) is 5.32 Å². The molecule has 0 fully saturated rings. The molecule has 1 aliphatic rings. The number of benzene rings is 2. The van der Waals surface area contributed by atoms with E-state index in [4.69, 9.17) is 14.2 Å². The van der Waals surface area contributed by atoms with Gasteiger partial charge in [-0.1, -0.05) is 12.1 Å². The highest BCUT2D eigenvalue weighted by molar-refractivity contribution is 5.95. The van der Waals surface area contributed by atoms with Crippen LogP contribution < -0.4 is 14.8 Å². The van der Waals surface area contributed by atoms with Crippen LogP contribution in [0, 0.1) is 5.82 Å². The Morgan fingerprint density at radius 3 is 2.64 bits per heavy atom. The number of amides is 1. The van der Waals surface area contributed by atoms with E-state index in [1.165, 1.54) is 18.2 Å². The molecule has 1 aliphatic heterocycles. The van der Waals surface area contributed by atoms with Crippen molar-refractivity contribution in [3.8, 4) is 11.5 Å². The van der Waals surface area contributed by atoms with E-state index in [0.29, 0.717) is 30.4 Å². The van der Waals surface area contributed by atoms with E-state index in [1.54, 1.807) is 18.2 Å². The van der Waals surface area contributed by atoms with E-state index < -0.39 is 24.3 Å².